The smallest absolute Gasteiger partial charge is 0.322 e. The van der Waals surface area contributed by atoms with E-state index in [4.69, 9.17) is 9.84 Å². The van der Waals surface area contributed by atoms with Gasteiger partial charge in [-0.05, 0) is 26.3 Å². The molecule has 2 unspecified atom stereocenters. The standard InChI is InChI=1S/C11H22N2O3/c1-9(11(15)16-2)13(6-7-14)8-10-4-3-5-12-10/h9-10,12,14H,3-8H2,1-2H3. The first-order valence-corrected chi connectivity index (χ1v) is 5.85. The van der Waals surface area contributed by atoms with E-state index in [0.717, 1.165) is 19.5 Å². The van der Waals surface area contributed by atoms with Gasteiger partial charge in [-0.2, -0.15) is 0 Å². The lowest BCUT2D eigenvalue weighted by atomic mass is 10.2. The molecular formula is C11H22N2O3. The summed E-state index contributed by atoms with van der Waals surface area (Å²) in [5, 5.41) is 12.4. The first-order valence-electron chi connectivity index (χ1n) is 5.85. The van der Waals surface area contributed by atoms with Crippen LogP contribution in [-0.2, 0) is 9.53 Å². The molecule has 0 radical (unpaired) electrons. The number of methoxy groups -OCH3 is 1. The van der Waals surface area contributed by atoms with Crippen LogP contribution in [0.5, 0.6) is 0 Å². The van der Waals surface area contributed by atoms with E-state index in [1.807, 2.05) is 11.8 Å². The van der Waals surface area contributed by atoms with Gasteiger partial charge in [0, 0.05) is 19.1 Å². The predicted molar refractivity (Wildman–Crippen MR) is 61.2 cm³/mol. The van der Waals surface area contributed by atoms with Crippen LogP contribution in [0.25, 0.3) is 0 Å². The molecule has 1 rings (SSSR count). The molecule has 1 aliphatic heterocycles. The van der Waals surface area contributed by atoms with Crippen LogP contribution in [0.4, 0.5) is 0 Å². The second-order valence-corrected chi connectivity index (χ2v) is 4.21. The van der Waals surface area contributed by atoms with Gasteiger partial charge in [0.05, 0.1) is 13.7 Å². The van der Waals surface area contributed by atoms with Gasteiger partial charge < -0.3 is 15.2 Å². The summed E-state index contributed by atoms with van der Waals surface area (Å²) in [4.78, 5) is 13.4. The normalized spacial score (nSPS) is 22.4. The highest BCUT2D eigenvalue weighted by Gasteiger charge is 2.25. The zero-order valence-corrected chi connectivity index (χ0v) is 10.1. The van der Waals surface area contributed by atoms with Crippen molar-refractivity contribution in [3.63, 3.8) is 0 Å². The molecule has 0 saturated carbocycles. The van der Waals surface area contributed by atoms with E-state index in [1.54, 1.807) is 0 Å². The lowest BCUT2D eigenvalue weighted by Crippen LogP contribution is -2.47. The van der Waals surface area contributed by atoms with Crippen molar-refractivity contribution in [3.05, 3.63) is 0 Å². The number of nitrogens with zero attached hydrogens (tertiary/aromatic N) is 1. The number of ether oxygens (including phenoxy) is 1. The minimum atomic E-state index is -0.292. The van der Waals surface area contributed by atoms with Crippen LogP contribution in [-0.4, -0.2) is 61.4 Å². The number of aliphatic hydroxyl groups excluding tert-OH is 1. The fourth-order valence-corrected chi connectivity index (χ4v) is 2.09. The van der Waals surface area contributed by atoms with E-state index in [9.17, 15) is 4.79 Å². The minimum Gasteiger partial charge on any atom is -0.468 e. The summed E-state index contributed by atoms with van der Waals surface area (Å²) in [5.41, 5.74) is 0. The number of hydrogen-bond acceptors (Lipinski definition) is 5. The molecule has 0 spiro atoms. The second-order valence-electron chi connectivity index (χ2n) is 4.21. The Morgan fingerprint density at radius 1 is 1.69 bits per heavy atom. The fourth-order valence-electron chi connectivity index (χ4n) is 2.09. The summed E-state index contributed by atoms with van der Waals surface area (Å²) in [7, 11) is 1.39. The molecule has 5 heteroatoms. The molecule has 16 heavy (non-hydrogen) atoms. The first kappa shape index (κ1) is 13.4. The van der Waals surface area contributed by atoms with Gasteiger partial charge in [-0.15, -0.1) is 0 Å². The van der Waals surface area contributed by atoms with E-state index in [1.165, 1.54) is 13.5 Å². The Morgan fingerprint density at radius 3 is 2.94 bits per heavy atom. The third kappa shape index (κ3) is 3.73. The Morgan fingerprint density at radius 2 is 2.44 bits per heavy atom. The Balaban J connectivity index is 2.47. The van der Waals surface area contributed by atoms with Crippen molar-refractivity contribution in [1.82, 2.24) is 10.2 Å². The minimum absolute atomic E-state index is 0.0635. The van der Waals surface area contributed by atoms with Crippen LogP contribution in [0.1, 0.15) is 19.8 Å². The highest BCUT2D eigenvalue weighted by atomic mass is 16.5. The van der Waals surface area contributed by atoms with Crippen LogP contribution < -0.4 is 5.32 Å². The third-order valence-corrected chi connectivity index (χ3v) is 3.09. The van der Waals surface area contributed by atoms with Gasteiger partial charge in [0.1, 0.15) is 6.04 Å². The van der Waals surface area contributed by atoms with Gasteiger partial charge in [-0.25, -0.2) is 0 Å². The summed E-state index contributed by atoms with van der Waals surface area (Å²) in [6.07, 6.45) is 2.32. The zero-order chi connectivity index (χ0) is 12.0. The fraction of sp³-hybridized carbons (Fsp3) is 0.909. The first-order chi connectivity index (χ1) is 7.69. The van der Waals surface area contributed by atoms with Gasteiger partial charge >= 0.3 is 5.97 Å². The molecule has 5 nitrogen and oxygen atoms in total. The van der Waals surface area contributed by atoms with Crippen molar-refractivity contribution < 1.29 is 14.6 Å². The number of hydrogen-bond donors (Lipinski definition) is 2. The van der Waals surface area contributed by atoms with Crippen LogP contribution in [0, 0.1) is 0 Å². The van der Waals surface area contributed by atoms with Crippen LogP contribution >= 0.6 is 0 Å². The number of esters is 1. The quantitative estimate of drug-likeness (QED) is 0.608. The van der Waals surface area contributed by atoms with Crippen LogP contribution in [0.15, 0.2) is 0 Å². The van der Waals surface area contributed by atoms with Crippen LogP contribution in [0.3, 0.4) is 0 Å². The highest BCUT2D eigenvalue weighted by Crippen LogP contribution is 2.09. The van der Waals surface area contributed by atoms with Crippen molar-refractivity contribution in [2.75, 3.05) is 33.4 Å². The molecule has 0 aromatic heterocycles. The van der Waals surface area contributed by atoms with Crippen LogP contribution in [0.2, 0.25) is 0 Å². The molecule has 2 atom stereocenters. The maximum absolute atomic E-state index is 11.4. The van der Waals surface area contributed by atoms with E-state index < -0.39 is 0 Å². The summed E-state index contributed by atoms with van der Waals surface area (Å²) < 4.78 is 4.72. The molecule has 0 aliphatic carbocycles. The molecule has 0 aromatic rings. The number of nitrogens with one attached hydrogen (secondary N) is 1. The molecule has 2 N–H and O–H groups in total. The number of aliphatic hydroxyl groups is 1. The molecular weight excluding hydrogens is 208 g/mol. The lowest BCUT2D eigenvalue weighted by molar-refractivity contribution is -0.146. The summed E-state index contributed by atoms with van der Waals surface area (Å²) in [6, 6.07) is 0.137. The number of carbonyl (C=O) groups is 1. The predicted octanol–water partition coefficient (Wildman–Crippen LogP) is -0.406. The van der Waals surface area contributed by atoms with Gasteiger partial charge in [0.15, 0.2) is 0 Å². The van der Waals surface area contributed by atoms with E-state index in [-0.39, 0.29) is 18.6 Å². The largest absolute Gasteiger partial charge is 0.468 e. The molecule has 1 aliphatic rings. The second kappa shape index (κ2) is 6.83. The monoisotopic (exact) mass is 230 g/mol. The lowest BCUT2D eigenvalue weighted by Gasteiger charge is -2.29. The SMILES string of the molecule is COC(=O)C(C)N(CCO)CC1CCCN1. The number of rotatable bonds is 6. The molecule has 0 bridgehead atoms. The molecule has 1 fully saturated rings. The Hall–Kier alpha value is -0.650. The molecule has 1 heterocycles. The zero-order valence-electron chi connectivity index (χ0n) is 10.1. The third-order valence-electron chi connectivity index (χ3n) is 3.09. The van der Waals surface area contributed by atoms with E-state index in [2.05, 4.69) is 5.32 Å². The van der Waals surface area contributed by atoms with E-state index in [0.29, 0.717) is 12.6 Å². The topological polar surface area (TPSA) is 61.8 Å². The van der Waals surface area contributed by atoms with Gasteiger partial charge in [0.25, 0.3) is 0 Å². The molecule has 1 saturated heterocycles. The molecule has 0 aromatic carbocycles. The van der Waals surface area contributed by atoms with Gasteiger partial charge in [-0.1, -0.05) is 0 Å². The molecule has 0 amide bonds. The summed E-state index contributed by atoms with van der Waals surface area (Å²) >= 11 is 0. The van der Waals surface area contributed by atoms with Crippen molar-refractivity contribution >= 4 is 5.97 Å². The Labute approximate surface area is 96.8 Å². The average molecular weight is 230 g/mol. The van der Waals surface area contributed by atoms with Crippen molar-refractivity contribution in [2.45, 2.75) is 31.8 Å². The highest BCUT2D eigenvalue weighted by molar-refractivity contribution is 5.75. The van der Waals surface area contributed by atoms with Gasteiger partial charge in [0.2, 0.25) is 0 Å². The van der Waals surface area contributed by atoms with E-state index >= 15 is 0 Å². The maximum atomic E-state index is 11.4. The van der Waals surface area contributed by atoms with Gasteiger partial charge in [-0.3, -0.25) is 9.69 Å². The summed E-state index contributed by atoms with van der Waals surface area (Å²) in [6.45, 7) is 4.22. The number of carbonyl (C=O) groups excluding carboxylic acids is 1. The summed E-state index contributed by atoms with van der Waals surface area (Å²) in [5.74, 6) is -0.244. The van der Waals surface area contributed by atoms with Crippen molar-refractivity contribution in [1.29, 1.82) is 0 Å². The van der Waals surface area contributed by atoms with Crippen molar-refractivity contribution in [2.24, 2.45) is 0 Å². The Bertz CT molecular complexity index is 217. The maximum Gasteiger partial charge on any atom is 0.322 e. The van der Waals surface area contributed by atoms with Crippen molar-refractivity contribution in [3.8, 4) is 0 Å². The molecule has 94 valence electrons. The Kier molecular flexibility index (Phi) is 5.73. The average Bonchev–Trinajstić information content (AvgIpc) is 2.79.